The molecule has 0 radical (unpaired) electrons. The number of benzene rings is 3. The Morgan fingerprint density at radius 1 is 0.521 bits per heavy atom. The van der Waals surface area contributed by atoms with Gasteiger partial charge in [-0.05, 0) is 18.2 Å². The fourth-order valence-electron chi connectivity index (χ4n) is 3.59. The van der Waals surface area contributed by atoms with Gasteiger partial charge in [-0.1, -0.05) is 53.5 Å². The molecule has 246 valence electrons. The average molecular weight is 712 g/mol. The molecule has 1 aromatic heterocycles. The van der Waals surface area contributed by atoms with Crippen molar-refractivity contribution in [3.8, 4) is 0 Å². The number of hydrogen-bond donors (Lipinski definition) is 3. The minimum absolute atomic E-state index is 0.0716. The van der Waals surface area contributed by atoms with Crippen LogP contribution in [-0.2, 0) is 14.4 Å². The summed E-state index contributed by atoms with van der Waals surface area (Å²) in [6.45, 7) is 0. The number of nitro benzene ring substituents is 3. The fraction of sp³-hybridized carbons (Fsp3) is 0.111. The van der Waals surface area contributed by atoms with Crippen LogP contribution in [0, 0.1) is 30.3 Å². The van der Waals surface area contributed by atoms with E-state index in [0.717, 1.165) is 35.3 Å². The highest BCUT2D eigenvalue weighted by Crippen LogP contribution is 2.25. The van der Waals surface area contributed by atoms with Gasteiger partial charge in [0.2, 0.25) is 17.7 Å². The van der Waals surface area contributed by atoms with Crippen molar-refractivity contribution in [1.29, 1.82) is 0 Å². The Hall–Kier alpha value is -5.67. The topological polar surface area (TPSA) is 255 Å². The first-order valence-electron chi connectivity index (χ1n) is 13.2. The molecule has 0 bridgehead atoms. The number of anilines is 3. The van der Waals surface area contributed by atoms with E-state index in [-0.39, 0.29) is 66.9 Å². The van der Waals surface area contributed by atoms with Crippen LogP contribution in [0.15, 0.2) is 88.3 Å². The molecule has 0 spiro atoms. The second-order valence-corrected chi connectivity index (χ2v) is 11.9. The number of thioether (sulfide) groups is 3. The summed E-state index contributed by atoms with van der Waals surface area (Å²) in [4.78, 5) is 81.8. The quantitative estimate of drug-likeness (QED) is 0.0851. The highest BCUT2D eigenvalue weighted by atomic mass is 32.2. The van der Waals surface area contributed by atoms with E-state index in [1.54, 1.807) is 0 Å². The van der Waals surface area contributed by atoms with E-state index in [1.807, 2.05) is 0 Å². The maximum atomic E-state index is 12.6. The third kappa shape index (κ3) is 11.0. The predicted octanol–water partition coefficient (Wildman–Crippen LogP) is 4.79. The monoisotopic (exact) mass is 711 g/mol. The lowest BCUT2D eigenvalue weighted by Crippen LogP contribution is -2.16. The normalized spacial score (nSPS) is 10.5. The maximum absolute atomic E-state index is 12.6. The largest absolute Gasteiger partial charge is 0.325 e. The van der Waals surface area contributed by atoms with Gasteiger partial charge in [0, 0.05) is 53.5 Å². The molecular formula is C27H21N9O9S3. The van der Waals surface area contributed by atoms with Gasteiger partial charge >= 0.3 is 0 Å². The first kappa shape index (κ1) is 35.2. The molecule has 3 amide bonds. The Kier molecular flexibility index (Phi) is 12.3. The molecule has 3 N–H and O–H groups in total. The molecule has 21 heteroatoms. The lowest BCUT2D eigenvalue weighted by molar-refractivity contribution is -0.385. The minimum atomic E-state index is -0.596. The van der Waals surface area contributed by atoms with Crippen molar-refractivity contribution < 1.29 is 29.2 Å². The first-order chi connectivity index (χ1) is 22.9. The third-order valence-corrected chi connectivity index (χ3v) is 8.14. The summed E-state index contributed by atoms with van der Waals surface area (Å²) in [6, 6.07) is 16.2. The fourth-order valence-corrected chi connectivity index (χ4v) is 5.66. The Bertz CT molecular complexity index is 1670. The van der Waals surface area contributed by atoms with Crippen LogP contribution in [0.2, 0.25) is 0 Å². The van der Waals surface area contributed by atoms with Crippen LogP contribution in [-0.4, -0.2) is 64.7 Å². The Labute approximate surface area is 282 Å². The molecule has 48 heavy (non-hydrogen) atoms. The van der Waals surface area contributed by atoms with E-state index < -0.39 is 32.5 Å². The zero-order valence-electron chi connectivity index (χ0n) is 24.1. The zero-order valence-corrected chi connectivity index (χ0v) is 26.6. The van der Waals surface area contributed by atoms with Crippen LogP contribution in [0.1, 0.15) is 0 Å². The van der Waals surface area contributed by atoms with Crippen molar-refractivity contribution in [1.82, 2.24) is 15.0 Å². The summed E-state index contributed by atoms with van der Waals surface area (Å²) in [5.41, 5.74) is 0.0216. The van der Waals surface area contributed by atoms with Crippen molar-refractivity contribution in [2.75, 3.05) is 33.2 Å². The third-order valence-electron chi connectivity index (χ3n) is 5.59. The summed E-state index contributed by atoms with van der Waals surface area (Å²) < 4.78 is 0. The SMILES string of the molecule is O=C(CSc1nc(SCC(=O)Nc2cccc([N+](=O)[O-])c2)nc(SCC(=O)Nc2cccc([N+](=O)[O-])c2)n1)Nc1cccc([N+](=O)[O-])c1. The standard InChI is InChI=1S/C27H21N9O9S3/c37-22(28-16-4-1-7-19(10-16)34(40)41)13-46-25-31-26(47-14-23(38)29-17-5-2-8-20(11-17)35(42)43)33-27(32-25)48-15-24(39)30-18-6-3-9-21(12-18)36(44)45/h1-12H,13-15H2,(H,28,37)(H,29,38)(H,30,39). The van der Waals surface area contributed by atoms with Gasteiger partial charge in [0.05, 0.1) is 32.0 Å². The summed E-state index contributed by atoms with van der Waals surface area (Å²) in [6.07, 6.45) is 0. The van der Waals surface area contributed by atoms with Gasteiger partial charge in [-0.2, -0.15) is 15.0 Å². The molecule has 4 aromatic rings. The van der Waals surface area contributed by atoms with E-state index in [4.69, 9.17) is 0 Å². The van der Waals surface area contributed by atoms with E-state index in [2.05, 4.69) is 30.9 Å². The van der Waals surface area contributed by atoms with Crippen molar-refractivity contribution in [3.63, 3.8) is 0 Å². The number of carbonyl (C=O) groups excluding carboxylic acids is 3. The number of amides is 3. The van der Waals surface area contributed by atoms with E-state index >= 15 is 0 Å². The van der Waals surface area contributed by atoms with E-state index in [1.165, 1.54) is 72.8 Å². The summed E-state index contributed by atoms with van der Waals surface area (Å²) in [5, 5.41) is 40.9. The molecule has 0 aliphatic carbocycles. The molecule has 18 nitrogen and oxygen atoms in total. The lowest BCUT2D eigenvalue weighted by Gasteiger charge is -2.08. The molecule has 0 atom stereocenters. The summed E-state index contributed by atoms with van der Waals surface area (Å²) >= 11 is 2.72. The Balaban J connectivity index is 1.43. The van der Waals surface area contributed by atoms with Crippen LogP contribution in [0.4, 0.5) is 34.1 Å². The second-order valence-electron chi connectivity index (χ2n) is 9.12. The molecule has 0 saturated heterocycles. The second kappa shape index (κ2) is 16.8. The van der Waals surface area contributed by atoms with Gasteiger partial charge < -0.3 is 16.0 Å². The maximum Gasteiger partial charge on any atom is 0.271 e. The molecule has 1 heterocycles. The minimum Gasteiger partial charge on any atom is -0.325 e. The highest BCUT2D eigenvalue weighted by Gasteiger charge is 2.16. The van der Waals surface area contributed by atoms with Gasteiger partial charge in [-0.3, -0.25) is 44.7 Å². The molecule has 3 aromatic carbocycles. The molecule has 0 aliphatic rings. The molecule has 4 rings (SSSR count). The molecule has 0 aliphatic heterocycles. The van der Waals surface area contributed by atoms with Crippen molar-refractivity contribution in [3.05, 3.63) is 103 Å². The first-order valence-corrected chi connectivity index (χ1v) is 16.2. The number of aromatic nitrogens is 3. The molecule has 0 saturated carbocycles. The molecule has 0 unspecified atom stereocenters. The molecule has 0 fully saturated rings. The number of rotatable bonds is 15. The van der Waals surface area contributed by atoms with Gasteiger partial charge in [-0.25, -0.2) is 0 Å². The van der Waals surface area contributed by atoms with Gasteiger partial charge in [0.1, 0.15) is 0 Å². The van der Waals surface area contributed by atoms with Crippen LogP contribution >= 0.6 is 35.3 Å². The van der Waals surface area contributed by atoms with Crippen LogP contribution in [0.3, 0.4) is 0 Å². The summed E-state index contributed by atoms with van der Waals surface area (Å²) in [5.74, 6) is -2.17. The number of non-ortho nitro benzene ring substituents is 3. The van der Waals surface area contributed by atoms with Crippen molar-refractivity contribution in [2.24, 2.45) is 0 Å². The predicted molar refractivity (Wildman–Crippen MR) is 177 cm³/mol. The van der Waals surface area contributed by atoms with Crippen LogP contribution in [0.5, 0.6) is 0 Å². The average Bonchev–Trinajstić information content (AvgIpc) is 3.06. The number of nitro groups is 3. The van der Waals surface area contributed by atoms with Gasteiger partial charge in [-0.15, -0.1) is 0 Å². The van der Waals surface area contributed by atoms with E-state index in [0.29, 0.717) is 0 Å². The lowest BCUT2D eigenvalue weighted by atomic mass is 10.3. The number of carbonyl (C=O) groups is 3. The highest BCUT2D eigenvalue weighted by molar-refractivity contribution is 8.01. The van der Waals surface area contributed by atoms with Gasteiger partial charge in [0.15, 0.2) is 15.5 Å². The molecular weight excluding hydrogens is 691 g/mol. The van der Waals surface area contributed by atoms with E-state index in [9.17, 15) is 44.7 Å². The Morgan fingerprint density at radius 2 is 0.792 bits per heavy atom. The number of nitrogens with one attached hydrogen (secondary N) is 3. The number of nitrogens with zero attached hydrogens (tertiary/aromatic N) is 6. The zero-order chi connectivity index (χ0) is 34.6. The Morgan fingerprint density at radius 3 is 1.04 bits per heavy atom. The van der Waals surface area contributed by atoms with Crippen LogP contribution < -0.4 is 16.0 Å². The number of hydrogen-bond acceptors (Lipinski definition) is 15. The van der Waals surface area contributed by atoms with Gasteiger partial charge in [0.25, 0.3) is 17.1 Å². The van der Waals surface area contributed by atoms with Crippen molar-refractivity contribution >= 4 is 87.1 Å². The smallest absolute Gasteiger partial charge is 0.271 e. The van der Waals surface area contributed by atoms with Crippen LogP contribution in [0.25, 0.3) is 0 Å². The summed E-state index contributed by atoms with van der Waals surface area (Å²) in [7, 11) is 0. The van der Waals surface area contributed by atoms with Crippen molar-refractivity contribution in [2.45, 2.75) is 15.5 Å².